The van der Waals surface area contributed by atoms with Gasteiger partial charge in [0.05, 0.1) is 22.4 Å². The van der Waals surface area contributed by atoms with E-state index in [1.165, 1.54) is 133 Å². The van der Waals surface area contributed by atoms with E-state index in [-0.39, 0.29) is 13.4 Å². The molecule has 83 heavy (non-hydrogen) atoms. The van der Waals surface area contributed by atoms with Gasteiger partial charge in [-0.3, -0.25) is 0 Å². The molecular formula is C78H49B2N3. The Balaban J connectivity index is 1.02. The Labute approximate surface area is 483 Å². The van der Waals surface area contributed by atoms with Crippen LogP contribution in [0.5, 0.6) is 0 Å². The zero-order chi connectivity index (χ0) is 54.3. The number of aromatic nitrogens is 1. The number of anilines is 6. The lowest BCUT2D eigenvalue weighted by Gasteiger charge is -2.44. The number of nitrogens with zero attached hydrogens (tertiary/aromatic N) is 3. The molecule has 0 saturated carbocycles. The van der Waals surface area contributed by atoms with E-state index in [9.17, 15) is 0 Å². The molecule has 0 fully saturated rings. The Morgan fingerprint density at radius 3 is 1.13 bits per heavy atom. The van der Waals surface area contributed by atoms with E-state index in [1.807, 2.05) is 0 Å². The predicted molar refractivity (Wildman–Crippen MR) is 352 cm³/mol. The van der Waals surface area contributed by atoms with Gasteiger partial charge in [-0.2, -0.15) is 0 Å². The first-order valence-electron chi connectivity index (χ1n) is 29.0. The predicted octanol–water partition coefficient (Wildman–Crippen LogP) is 16.0. The molecule has 14 aromatic rings. The summed E-state index contributed by atoms with van der Waals surface area (Å²) in [7, 11) is 0. The van der Waals surface area contributed by atoms with E-state index in [4.69, 9.17) is 0 Å². The maximum Gasteiger partial charge on any atom is 0.251 e. The van der Waals surface area contributed by atoms with E-state index in [1.54, 1.807) is 0 Å². The highest BCUT2D eigenvalue weighted by atomic mass is 15.2. The van der Waals surface area contributed by atoms with Gasteiger partial charge in [-0.05, 0) is 155 Å². The van der Waals surface area contributed by atoms with Crippen LogP contribution in [0.3, 0.4) is 0 Å². The van der Waals surface area contributed by atoms with Crippen molar-refractivity contribution in [3.8, 4) is 72.4 Å². The zero-order valence-corrected chi connectivity index (χ0v) is 45.3. The summed E-state index contributed by atoms with van der Waals surface area (Å²) in [5.41, 5.74) is 33.3. The smallest absolute Gasteiger partial charge is 0.251 e. The Bertz CT molecular complexity index is 4770. The fourth-order valence-electron chi connectivity index (χ4n) is 14.9. The highest BCUT2D eigenvalue weighted by Gasteiger charge is 2.51. The van der Waals surface area contributed by atoms with Gasteiger partial charge < -0.3 is 14.4 Å². The summed E-state index contributed by atoms with van der Waals surface area (Å²) >= 11 is 0. The van der Waals surface area contributed by atoms with Crippen LogP contribution in [0.2, 0.25) is 0 Å². The minimum atomic E-state index is -0.0961. The number of rotatable bonds is 8. The van der Waals surface area contributed by atoms with Crippen LogP contribution >= 0.6 is 0 Å². The van der Waals surface area contributed by atoms with Crippen LogP contribution in [0.1, 0.15) is 0 Å². The molecule has 0 amide bonds. The topological polar surface area (TPSA) is 11.4 Å². The van der Waals surface area contributed by atoms with Gasteiger partial charge in [0.2, 0.25) is 6.71 Å². The molecule has 4 aliphatic heterocycles. The lowest BCUT2D eigenvalue weighted by atomic mass is 9.32. The molecule has 0 aliphatic carbocycles. The summed E-state index contributed by atoms with van der Waals surface area (Å²) in [5.74, 6) is 0. The molecule has 4 aliphatic rings. The first-order chi connectivity index (χ1) is 41.2. The van der Waals surface area contributed by atoms with Gasteiger partial charge in [-0.25, -0.2) is 0 Å². The molecule has 0 N–H and O–H groups in total. The number of hydrogen-bond donors (Lipinski definition) is 0. The lowest BCUT2D eigenvalue weighted by molar-refractivity contribution is 1.15. The maximum atomic E-state index is 2.68. The molecule has 0 unspecified atom stereocenters. The van der Waals surface area contributed by atoms with Crippen molar-refractivity contribution < 1.29 is 0 Å². The first-order valence-corrected chi connectivity index (χ1v) is 29.0. The SMILES string of the molecule is c1ccc(-c2ccc(N(c3ccc(-c4ccccc4)cc3)c3cc4c5c(c3-n3c6ccc(-c7ccccc7)cc6c6cc(-c7ccccc7)ccc63)B3c6ccccc6-c6cccc(c63)N5c3cccc5c3B4c3ccccc3-5)cc2)cc1. The third kappa shape index (κ3) is 6.77. The molecule has 0 bridgehead atoms. The molecule has 382 valence electrons. The van der Waals surface area contributed by atoms with Crippen LogP contribution in [0.25, 0.3) is 94.3 Å². The van der Waals surface area contributed by atoms with Crippen LogP contribution in [0, 0.1) is 0 Å². The van der Waals surface area contributed by atoms with Crippen molar-refractivity contribution >= 4 is 102 Å². The van der Waals surface area contributed by atoms with Gasteiger partial charge in [0.15, 0.2) is 0 Å². The summed E-state index contributed by atoms with van der Waals surface area (Å²) in [6.07, 6.45) is 0. The van der Waals surface area contributed by atoms with Gasteiger partial charge in [-0.15, -0.1) is 0 Å². The molecular weight excluding hydrogens is 1000 g/mol. The van der Waals surface area contributed by atoms with Crippen LogP contribution in [0.4, 0.5) is 34.1 Å². The van der Waals surface area contributed by atoms with Gasteiger partial charge in [0.1, 0.15) is 0 Å². The molecule has 0 atom stereocenters. The van der Waals surface area contributed by atoms with Crippen molar-refractivity contribution in [2.45, 2.75) is 0 Å². The average molecular weight is 1050 g/mol. The highest BCUT2D eigenvalue weighted by Crippen LogP contribution is 2.50. The summed E-state index contributed by atoms with van der Waals surface area (Å²) < 4.78 is 2.67. The van der Waals surface area contributed by atoms with E-state index >= 15 is 0 Å². The standard InChI is InChI=1S/C78H49B2N3/c1-5-19-50(20-6-1)54-35-41-58(42-36-54)81(59-43-37-55(38-44-59)51-21-7-2-8-22-51)73-49-68-77-76(78(73)82-69-45-39-56(52-23-9-3-10-24-52)47-64(69)65-48-57(40-46-70(65)82)53-25-11-4-12-26-53)80-67-32-16-14-28-61(67)63-30-18-34-72(75(63)80)83(77)71-33-17-29-62-60-27-13-15-31-66(60)79(68)74(62)71/h1-49H. The second-order valence-corrected chi connectivity index (χ2v) is 22.6. The Morgan fingerprint density at radius 2 is 0.651 bits per heavy atom. The van der Waals surface area contributed by atoms with Gasteiger partial charge in [0, 0.05) is 39.2 Å². The third-order valence-corrected chi connectivity index (χ3v) is 18.4. The molecule has 0 radical (unpaired) electrons. The third-order valence-electron chi connectivity index (χ3n) is 18.4. The summed E-state index contributed by atoms with van der Waals surface area (Å²) in [5, 5.41) is 2.42. The Hall–Kier alpha value is -10.6. The second-order valence-electron chi connectivity index (χ2n) is 22.6. The van der Waals surface area contributed by atoms with E-state index in [0.717, 1.165) is 28.1 Å². The van der Waals surface area contributed by atoms with Crippen LogP contribution < -0.4 is 42.6 Å². The van der Waals surface area contributed by atoms with E-state index < -0.39 is 0 Å². The normalized spacial score (nSPS) is 12.7. The number of benzene rings is 13. The largest absolute Gasteiger partial charge is 0.312 e. The van der Waals surface area contributed by atoms with Crippen LogP contribution in [0.15, 0.2) is 297 Å². The van der Waals surface area contributed by atoms with E-state index in [0.29, 0.717) is 0 Å². The molecule has 1 aromatic heterocycles. The summed E-state index contributed by atoms with van der Waals surface area (Å²) in [4.78, 5) is 5.27. The van der Waals surface area contributed by atoms with Crippen LogP contribution in [-0.4, -0.2) is 18.0 Å². The molecule has 5 heterocycles. The van der Waals surface area contributed by atoms with Gasteiger partial charge in [0.25, 0.3) is 6.71 Å². The van der Waals surface area contributed by atoms with Crippen molar-refractivity contribution in [2.75, 3.05) is 9.80 Å². The summed E-state index contributed by atoms with van der Waals surface area (Å²) in [6, 6.07) is 111. The van der Waals surface area contributed by atoms with Gasteiger partial charge >= 0.3 is 0 Å². The fraction of sp³-hybridized carbons (Fsp3) is 0. The van der Waals surface area contributed by atoms with Crippen molar-refractivity contribution in [1.29, 1.82) is 0 Å². The van der Waals surface area contributed by atoms with Crippen molar-refractivity contribution in [2.24, 2.45) is 0 Å². The van der Waals surface area contributed by atoms with Crippen molar-refractivity contribution in [1.82, 2.24) is 4.57 Å². The average Bonchev–Trinajstić information content (AvgIpc) is 1.75. The minimum Gasteiger partial charge on any atom is -0.312 e. The Morgan fingerprint density at radius 1 is 0.265 bits per heavy atom. The molecule has 5 heteroatoms. The first kappa shape index (κ1) is 46.2. The lowest BCUT2D eigenvalue weighted by Crippen LogP contribution is -2.63. The molecule has 13 aromatic carbocycles. The highest BCUT2D eigenvalue weighted by molar-refractivity contribution is 7.06. The maximum absolute atomic E-state index is 2.68. The zero-order valence-electron chi connectivity index (χ0n) is 45.3. The van der Waals surface area contributed by atoms with Crippen LogP contribution in [-0.2, 0) is 0 Å². The van der Waals surface area contributed by atoms with Crippen molar-refractivity contribution in [3.05, 3.63) is 297 Å². The molecule has 3 nitrogen and oxygen atoms in total. The van der Waals surface area contributed by atoms with E-state index in [2.05, 4.69) is 312 Å². The Kier molecular flexibility index (Phi) is 9.98. The molecule has 0 saturated heterocycles. The molecule has 18 rings (SSSR count). The molecule has 0 spiro atoms. The monoisotopic (exact) mass is 1050 g/mol. The second kappa shape index (κ2) is 17.9. The van der Waals surface area contributed by atoms with Crippen molar-refractivity contribution in [3.63, 3.8) is 0 Å². The fourth-order valence-corrected chi connectivity index (χ4v) is 14.9. The van der Waals surface area contributed by atoms with Gasteiger partial charge in [-0.1, -0.05) is 241 Å². The quantitative estimate of drug-likeness (QED) is 0.141. The summed E-state index contributed by atoms with van der Waals surface area (Å²) in [6.45, 7) is -0.111. The minimum absolute atomic E-state index is 0.0145. The number of fused-ring (bicyclic) bond motifs is 13. The number of hydrogen-bond acceptors (Lipinski definition) is 2.